The van der Waals surface area contributed by atoms with Crippen LogP contribution in [0.2, 0.25) is 0 Å². The van der Waals surface area contributed by atoms with Crippen molar-refractivity contribution >= 4 is 5.91 Å². The van der Waals surface area contributed by atoms with E-state index in [2.05, 4.69) is 15.1 Å². The molecule has 194 valence electrons. The van der Waals surface area contributed by atoms with Gasteiger partial charge in [0.15, 0.2) is 0 Å². The maximum absolute atomic E-state index is 13.5. The van der Waals surface area contributed by atoms with E-state index in [0.29, 0.717) is 41.9 Å². The van der Waals surface area contributed by atoms with Crippen LogP contribution in [-0.4, -0.2) is 54.7 Å². The Morgan fingerprint density at radius 1 is 1.11 bits per heavy atom. The second-order valence-corrected chi connectivity index (χ2v) is 10.5. The van der Waals surface area contributed by atoms with Crippen molar-refractivity contribution in [3.8, 4) is 23.1 Å². The van der Waals surface area contributed by atoms with Gasteiger partial charge in [0.1, 0.15) is 11.9 Å². The molecule has 4 aromatic rings. The lowest BCUT2D eigenvalue weighted by atomic mass is 9.95. The number of halogens is 1. The number of carbonyl (C=O) groups excluding carboxylic acids is 1. The minimum Gasteiger partial charge on any atom is -0.474 e. The number of hydrogen-bond acceptors (Lipinski definition) is 7. The molecular weight excluding hydrogens is 485 g/mol. The van der Waals surface area contributed by atoms with Crippen LogP contribution in [0.3, 0.4) is 0 Å². The number of piperidine rings is 1. The lowest BCUT2D eigenvalue weighted by Gasteiger charge is -2.22. The van der Waals surface area contributed by atoms with Crippen LogP contribution >= 0.6 is 0 Å². The minimum atomic E-state index is -0.606. The summed E-state index contributed by atoms with van der Waals surface area (Å²) >= 11 is 0. The first-order chi connectivity index (χ1) is 18.2. The fourth-order valence-corrected chi connectivity index (χ4v) is 5.01. The highest BCUT2D eigenvalue weighted by molar-refractivity contribution is 5.95. The zero-order valence-corrected chi connectivity index (χ0v) is 21.4. The average Bonchev–Trinajstić information content (AvgIpc) is 3.22. The molecule has 1 saturated carbocycles. The molecule has 1 saturated heterocycles. The van der Waals surface area contributed by atoms with E-state index in [4.69, 9.17) is 15.5 Å². The van der Waals surface area contributed by atoms with E-state index in [1.54, 1.807) is 36.8 Å². The molecule has 2 fully saturated rings. The summed E-state index contributed by atoms with van der Waals surface area (Å²) < 4.78 is 21.3. The van der Waals surface area contributed by atoms with Crippen molar-refractivity contribution in [2.24, 2.45) is 17.6 Å². The molecule has 0 radical (unpaired) electrons. The van der Waals surface area contributed by atoms with Gasteiger partial charge in [-0.3, -0.25) is 4.79 Å². The Hall–Kier alpha value is -4.18. The third-order valence-corrected chi connectivity index (χ3v) is 7.23. The van der Waals surface area contributed by atoms with Gasteiger partial charge in [0, 0.05) is 60.7 Å². The lowest BCUT2D eigenvalue weighted by Crippen LogP contribution is -2.33. The summed E-state index contributed by atoms with van der Waals surface area (Å²) in [6.07, 6.45) is 4.93. The number of fused-ring (bicyclic) bond motifs is 1. The Balaban J connectivity index is 1.16. The van der Waals surface area contributed by atoms with Crippen LogP contribution in [0.25, 0.3) is 17.2 Å². The maximum Gasteiger partial charge on any atom is 0.257 e. The van der Waals surface area contributed by atoms with E-state index in [1.165, 1.54) is 16.8 Å². The average molecular weight is 514 g/mol. The van der Waals surface area contributed by atoms with E-state index in [1.807, 2.05) is 37.8 Å². The first kappa shape index (κ1) is 24.2. The first-order valence-corrected chi connectivity index (χ1v) is 12.5. The molecule has 1 aliphatic carbocycles. The number of carbonyl (C=O) groups is 1. The van der Waals surface area contributed by atoms with Crippen molar-refractivity contribution in [3.05, 3.63) is 83.7 Å². The Bertz CT molecular complexity index is 1490. The molecule has 2 aliphatic rings. The third-order valence-electron chi connectivity index (χ3n) is 7.23. The number of aryl methyl sites for hydroxylation is 1. The van der Waals surface area contributed by atoms with Gasteiger partial charge in [-0.05, 0) is 62.7 Å². The smallest absolute Gasteiger partial charge is 0.257 e. The second kappa shape index (κ2) is 8.98. The zero-order chi connectivity index (χ0) is 26.6. The Kier molecular flexibility index (Phi) is 5.71. The van der Waals surface area contributed by atoms with Crippen LogP contribution in [0.15, 0.2) is 61.1 Å². The highest BCUT2D eigenvalue weighted by Crippen LogP contribution is 2.48. The molecule has 1 aliphatic heterocycles. The van der Waals surface area contributed by atoms with E-state index >= 15 is 0 Å². The number of amides is 1. The van der Waals surface area contributed by atoms with E-state index in [9.17, 15) is 9.18 Å². The summed E-state index contributed by atoms with van der Waals surface area (Å²) in [5, 5.41) is 4.42. The SMILES string of the molecule is Cc1nn(-c2ncccn2)cc1C(=O)N1CC2C(Oc3cc(C(C)(C)N)cc(-c4ccc(F)cc4)n3)[C@@H]2C1. The van der Waals surface area contributed by atoms with Crippen molar-refractivity contribution in [2.45, 2.75) is 32.4 Å². The monoisotopic (exact) mass is 513 g/mol. The van der Waals surface area contributed by atoms with Gasteiger partial charge in [0.2, 0.25) is 11.8 Å². The van der Waals surface area contributed by atoms with Crippen LogP contribution in [0.5, 0.6) is 5.88 Å². The number of benzene rings is 1. The highest BCUT2D eigenvalue weighted by atomic mass is 19.1. The predicted molar refractivity (Wildman–Crippen MR) is 138 cm³/mol. The van der Waals surface area contributed by atoms with Crippen LogP contribution in [0.4, 0.5) is 4.39 Å². The van der Waals surface area contributed by atoms with E-state index in [-0.39, 0.29) is 29.7 Å². The number of hydrogen-bond donors (Lipinski definition) is 1. The topological polar surface area (TPSA) is 112 Å². The first-order valence-electron chi connectivity index (χ1n) is 12.5. The molecular formula is C28H28FN7O2. The Morgan fingerprint density at radius 2 is 1.79 bits per heavy atom. The molecule has 3 atom stereocenters. The van der Waals surface area contributed by atoms with Gasteiger partial charge < -0.3 is 15.4 Å². The summed E-state index contributed by atoms with van der Waals surface area (Å²) in [6, 6.07) is 11.7. The van der Waals surface area contributed by atoms with Crippen molar-refractivity contribution in [1.82, 2.24) is 29.6 Å². The lowest BCUT2D eigenvalue weighted by molar-refractivity contribution is 0.0751. The molecule has 10 heteroatoms. The third kappa shape index (κ3) is 4.51. The van der Waals surface area contributed by atoms with Crippen LogP contribution in [-0.2, 0) is 5.54 Å². The zero-order valence-electron chi connectivity index (χ0n) is 21.4. The molecule has 2 unspecified atom stereocenters. The summed E-state index contributed by atoms with van der Waals surface area (Å²) in [4.78, 5) is 28.2. The molecule has 38 heavy (non-hydrogen) atoms. The highest BCUT2D eigenvalue weighted by Gasteiger charge is 2.59. The summed E-state index contributed by atoms with van der Waals surface area (Å²) in [5.41, 5.74) is 9.29. The second-order valence-electron chi connectivity index (χ2n) is 10.5. The van der Waals surface area contributed by atoms with E-state index in [0.717, 1.165) is 11.1 Å². The molecule has 0 spiro atoms. The van der Waals surface area contributed by atoms with Gasteiger partial charge in [0.25, 0.3) is 5.91 Å². The van der Waals surface area contributed by atoms with Crippen molar-refractivity contribution < 1.29 is 13.9 Å². The van der Waals surface area contributed by atoms with Gasteiger partial charge in [-0.15, -0.1) is 0 Å². The fourth-order valence-electron chi connectivity index (χ4n) is 5.01. The van der Waals surface area contributed by atoms with Crippen LogP contribution in [0, 0.1) is 24.6 Å². The van der Waals surface area contributed by atoms with Crippen molar-refractivity contribution in [1.29, 1.82) is 0 Å². The normalized spacial score (nSPS) is 20.3. The molecule has 4 heterocycles. The molecule has 1 amide bonds. The Morgan fingerprint density at radius 3 is 2.45 bits per heavy atom. The maximum atomic E-state index is 13.5. The van der Waals surface area contributed by atoms with Crippen molar-refractivity contribution in [3.63, 3.8) is 0 Å². The van der Waals surface area contributed by atoms with Gasteiger partial charge in [-0.1, -0.05) is 0 Å². The van der Waals surface area contributed by atoms with Crippen LogP contribution < -0.4 is 10.5 Å². The molecule has 9 nitrogen and oxygen atoms in total. The predicted octanol–water partition coefficient (Wildman–Crippen LogP) is 3.52. The van der Waals surface area contributed by atoms with E-state index < -0.39 is 5.54 Å². The largest absolute Gasteiger partial charge is 0.474 e. The summed E-state index contributed by atoms with van der Waals surface area (Å²) in [6.45, 7) is 6.86. The van der Waals surface area contributed by atoms with Gasteiger partial charge in [0.05, 0.1) is 17.0 Å². The number of aromatic nitrogens is 5. The molecule has 1 aromatic carbocycles. The number of nitrogens with two attached hydrogens (primary N) is 1. The van der Waals surface area contributed by atoms with Gasteiger partial charge in [-0.2, -0.15) is 5.10 Å². The number of rotatable bonds is 6. The number of likely N-dealkylation sites (tertiary alicyclic amines) is 1. The summed E-state index contributed by atoms with van der Waals surface area (Å²) in [5.74, 6) is 1.01. The number of nitrogens with zero attached hydrogens (tertiary/aromatic N) is 6. The fraction of sp³-hybridized carbons (Fsp3) is 0.321. The quantitative estimate of drug-likeness (QED) is 0.420. The summed E-state index contributed by atoms with van der Waals surface area (Å²) in [7, 11) is 0. The molecule has 3 aromatic heterocycles. The minimum absolute atomic E-state index is 0.0229. The Labute approximate surface area is 219 Å². The standard InChI is InChI=1S/C28H28FN7O2/c1-16-20(15-36(34-16)27-31-9-4-10-32-27)26(37)35-13-21-22(14-35)25(21)38-24-12-18(28(2,3)30)11-23(33-24)17-5-7-19(29)8-6-17/h4-12,15,21-22,25H,13-14,30H2,1-3H3/t21-,22?,25?/m1/s1. The number of pyridine rings is 1. The van der Waals surface area contributed by atoms with Gasteiger partial charge >= 0.3 is 0 Å². The number of ether oxygens (including phenoxy) is 1. The molecule has 2 N–H and O–H groups in total. The molecule has 6 rings (SSSR count). The molecule has 0 bridgehead atoms. The van der Waals surface area contributed by atoms with Crippen molar-refractivity contribution in [2.75, 3.05) is 13.1 Å². The van der Waals surface area contributed by atoms with Crippen LogP contribution in [0.1, 0.15) is 35.5 Å². The van der Waals surface area contributed by atoms with Gasteiger partial charge in [-0.25, -0.2) is 24.0 Å².